The van der Waals surface area contributed by atoms with Crippen molar-refractivity contribution in [1.29, 1.82) is 0 Å². The van der Waals surface area contributed by atoms with Crippen LogP contribution < -0.4 is 5.32 Å². The van der Waals surface area contributed by atoms with Crippen molar-refractivity contribution in [3.63, 3.8) is 0 Å². The molecule has 2 atom stereocenters. The van der Waals surface area contributed by atoms with Gasteiger partial charge in [-0.1, -0.05) is 56.8 Å². The highest BCUT2D eigenvalue weighted by Gasteiger charge is 2.65. The first-order valence-corrected chi connectivity index (χ1v) is 12.0. The van der Waals surface area contributed by atoms with Gasteiger partial charge in [-0.15, -0.1) is 0 Å². The lowest BCUT2D eigenvalue weighted by atomic mass is 10.0. The Morgan fingerprint density at radius 2 is 1.92 bits per heavy atom. The van der Waals surface area contributed by atoms with E-state index in [1.165, 1.54) is 6.92 Å². The predicted molar refractivity (Wildman–Crippen MR) is 102 cm³/mol. The van der Waals surface area contributed by atoms with Gasteiger partial charge >= 0.3 is 5.97 Å². The molecule has 1 aromatic carbocycles. The van der Waals surface area contributed by atoms with Crippen molar-refractivity contribution in [2.24, 2.45) is 0 Å². The number of amides is 2. The van der Waals surface area contributed by atoms with Crippen molar-refractivity contribution in [2.45, 2.75) is 57.6 Å². The molecule has 0 saturated carbocycles. The Bertz CT molecular complexity index is 665. The number of nitrogens with one attached hydrogen (secondary N) is 1. The van der Waals surface area contributed by atoms with Gasteiger partial charge in [0, 0.05) is 13.5 Å². The number of ether oxygens (including phenoxy) is 1. The van der Waals surface area contributed by atoms with Crippen LogP contribution in [-0.2, 0) is 25.5 Å². The molecule has 0 spiro atoms. The average molecular weight is 377 g/mol. The van der Waals surface area contributed by atoms with Crippen LogP contribution in [0.1, 0.15) is 32.3 Å². The number of β-lactam (4-membered cyclic amide) rings is 1. The zero-order valence-electron chi connectivity index (χ0n) is 16.0. The summed E-state index contributed by atoms with van der Waals surface area (Å²) in [5, 5.41) is 1.88. The minimum Gasteiger partial charge on any atom is -0.439 e. The first kappa shape index (κ1) is 20.2. The van der Waals surface area contributed by atoms with E-state index in [4.69, 9.17) is 4.74 Å². The predicted octanol–water partition coefficient (Wildman–Crippen LogP) is 1.64. The van der Waals surface area contributed by atoms with E-state index in [1.54, 1.807) is 4.90 Å². The third-order valence-electron chi connectivity index (χ3n) is 4.78. The molecule has 142 valence electrons. The van der Waals surface area contributed by atoms with Gasteiger partial charge in [0.2, 0.25) is 12.1 Å². The number of esters is 1. The molecule has 0 aromatic heterocycles. The summed E-state index contributed by atoms with van der Waals surface area (Å²) in [5.74, 6) is -0.793. The maximum atomic E-state index is 13.0. The van der Waals surface area contributed by atoms with Crippen LogP contribution in [0.5, 0.6) is 0 Å². The second-order valence-corrected chi connectivity index (χ2v) is 10.3. The molecule has 7 heteroatoms. The molecule has 1 aliphatic rings. The third kappa shape index (κ3) is 3.98. The van der Waals surface area contributed by atoms with Gasteiger partial charge in [0.15, 0.2) is 5.16 Å². The molecular weight excluding hydrogens is 348 g/mol. The van der Waals surface area contributed by atoms with Crippen LogP contribution in [0.4, 0.5) is 0 Å². The normalized spacial score (nSPS) is 22.1. The quantitative estimate of drug-likeness (QED) is 0.425. The maximum Gasteiger partial charge on any atom is 0.304 e. The molecule has 0 unspecified atom stereocenters. The number of carbonyl (C=O) groups is 3. The molecule has 1 fully saturated rings. The minimum atomic E-state index is -1.72. The molecule has 1 aliphatic heterocycles. The topological polar surface area (TPSA) is 75.7 Å². The van der Waals surface area contributed by atoms with E-state index < -0.39 is 26.2 Å². The molecule has 1 aromatic rings. The van der Waals surface area contributed by atoms with E-state index in [1.807, 2.05) is 50.3 Å². The summed E-state index contributed by atoms with van der Waals surface area (Å²) in [4.78, 5) is 38.8. The fourth-order valence-corrected chi connectivity index (χ4v) is 5.27. The summed E-state index contributed by atoms with van der Waals surface area (Å²) < 4.78 is 5.48. The van der Waals surface area contributed by atoms with Gasteiger partial charge in [-0.25, -0.2) is 0 Å². The number of likely N-dealkylation sites (tertiary alicyclic amines) is 1. The van der Waals surface area contributed by atoms with Crippen LogP contribution in [0.15, 0.2) is 30.3 Å². The molecule has 2 amide bonds. The Morgan fingerprint density at radius 3 is 2.46 bits per heavy atom. The Balaban J connectivity index is 2.21. The lowest BCUT2D eigenvalue weighted by Crippen LogP contribution is -2.85. The molecule has 0 aliphatic carbocycles. The van der Waals surface area contributed by atoms with Crippen molar-refractivity contribution in [1.82, 2.24) is 10.2 Å². The third-order valence-corrected chi connectivity index (χ3v) is 7.28. The number of hydrogen-bond acceptors (Lipinski definition) is 4. The Morgan fingerprint density at radius 1 is 1.27 bits per heavy atom. The van der Waals surface area contributed by atoms with Crippen molar-refractivity contribution in [3.05, 3.63) is 35.9 Å². The van der Waals surface area contributed by atoms with Crippen LogP contribution >= 0.6 is 0 Å². The molecule has 1 saturated heterocycles. The second-order valence-electron chi connectivity index (χ2n) is 7.05. The van der Waals surface area contributed by atoms with Crippen molar-refractivity contribution in [3.8, 4) is 0 Å². The monoisotopic (exact) mass is 376 g/mol. The minimum absolute atomic E-state index is 0.125. The van der Waals surface area contributed by atoms with E-state index in [0.29, 0.717) is 6.54 Å². The summed E-state index contributed by atoms with van der Waals surface area (Å²) in [7, 11) is -1.72. The molecule has 1 N–H and O–H groups in total. The highest BCUT2D eigenvalue weighted by molar-refractivity contribution is 6.66. The van der Waals surface area contributed by atoms with Crippen molar-refractivity contribution in [2.75, 3.05) is 6.54 Å². The Hall–Kier alpha value is -2.15. The summed E-state index contributed by atoms with van der Waals surface area (Å²) >= 11 is 0. The molecule has 0 radical (unpaired) electrons. The van der Waals surface area contributed by atoms with E-state index in [0.717, 1.165) is 18.4 Å². The van der Waals surface area contributed by atoms with Crippen molar-refractivity contribution >= 4 is 26.6 Å². The fraction of sp³-hybridized carbons (Fsp3) is 0.526. The summed E-state index contributed by atoms with van der Waals surface area (Å²) in [6.07, 6.45) is 1.25. The highest BCUT2D eigenvalue weighted by atomic mass is 28.3. The van der Waals surface area contributed by atoms with E-state index in [-0.39, 0.29) is 18.2 Å². The van der Waals surface area contributed by atoms with Crippen molar-refractivity contribution < 1.29 is 19.1 Å². The number of nitrogens with zero attached hydrogens (tertiary/aromatic N) is 1. The van der Waals surface area contributed by atoms with Gasteiger partial charge in [-0.3, -0.25) is 14.4 Å². The number of unbranched alkanes of at least 4 members (excludes halogenated alkanes) is 1. The average Bonchev–Trinajstić information content (AvgIpc) is 2.59. The molecule has 6 nitrogen and oxygen atoms in total. The molecule has 2 rings (SSSR count). The number of carbonyl (C=O) groups excluding carboxylic acids is 3. The molecular formula is C19H28N2O4Si. The first-order valence-electron chi connectivity index (χ1n) is 9.16. The Labute approximate surface area is 156 Å². The Kier molecular flexibility index (Phi) is 6.58. The van der Waals surface area contributed by atoms with Crippen LogP contribution in [0.3, 0.4) is 0 Å². The first-order chi connectivity index (χ1) is 12.3. The van der Waals surface area contributed by atoms with Gasteiger partial charge in [0.25, 0.3) is 5.91 Å². The van der Waals surface area contributed by atoms with Gasteiger partial charge < -0.3 is 15.0 Å². The molecule has 26 heavy (non-hydrogen) atoms. The highest BCUT2D eigenvalue weighted by Crippen LogP contribution is 2.35. The standard InChI is InChI=1S/C19H28N2O4Si/c1-5-6-12-21-17(24)19(26(3)4,18(21)25-14(2)22)20-16(23)13-15-10-8-7-9-11-15/h7-11,18,26H,5-6,12-13H2,1-4H3,(H,20,23)/t18-,19+/m0/s1. The van der Waals surface area contributed by atoms with E-state index in [2.05, 4.69) is 5.32 Å². The summed E-state index contributed by atoms with van der Waals surface area (Å²) in [6.45, 7) is 7.89. The number of hydrogen-bond donors (Lipinski definition) is 1. The van der Waals surface area contributed by atoms with Gasteiger partial charge in [0.1, 0.15) is 0 Å². The fourth-order valence-electron chi connectivity index (χ4n) is 3.34. The van der Waals surface area contributed by atoms with E-state index in [9.17, 15) is 14.4 Å². The number of rotatable bonds is 8. The smallest absolute Gasteiger partial charge is 0.304 e. The second kappa shape index (κ2) is 8.49. The zero-order chi connectivity index (χ0) is 19.3. The van der Waals surface area contributed by atoms with Gasteiger partial charge in [-0.2, -0.15) is 0 Å². The summed E-state index contributed by atoms with van der Waals surface area (Å²) in [5.41, 5.74) is 0.879. The zero-order valence-corrected chi connectivity index (χ0v) is 17.1. The van der Waals surface area contributed by atoms with Crippen LogP contribution in [0, 0.1) is 0 Å². The summed E-state index contributed by atoms with van der Waals surface area (Å²) in [6, 6.07) is 9.38. The van der Waals surface area contributed by atoms with Gasteiger partial charge in [-0.05, 0) is 12.0 Å². The van der Waals surface area contributed by atoms with Gasteiger partial charge in [0.05, 0.1) is 15.2 Å². The lowest BCUT2D eigenvalue weighted by Gasteiger charge is -2.56. The van der Waals surface area contributed by atoms with Crippen LogP contribution in [0.2, 0.25) is 13.1 Å². The van der Waals surface area contributed by atoms with E-state index >= 15 is 0 Å². The lowest BCUT2D eigenvalue weighted by molar-refractivity contribution is -0.197. The van der Waals surface area contributed by atoms with Crippen LogP contribution in [0.25, 0.3) is 0 Å². The number of benzene rings is 1. The van der Waals surface area contributed by atoms with Crippen LogP contribution in [-0.4, -0.2) is 49.4 Å². The molecule has 1 heterocycles. The SMILES string of the molecule is CCCCN1C(=O)[C@@](NC(=O)Cc2ccccc2)([SiH](C)C)[C@@H]1OC(C)=O. The largest absolute Gasteiger partial charge is 0.439 e. The molecule has 0 bridgehead atoms. The maximum absolute atomic E-state index is 13.0.